The molecule has 0 bridgehead atoms. The molecule has 1 aliphatic heterocycles. The molecule has 1 aliphatic rings. The average molecular weight is 436 g/mol. The fourth-order valence-corrected chi connectivity index (χ4v) is 3.60. The van der Waals surface area contributed by atoms with Crippen molar-refractivity contribution < 1.29 is 4.79 Å². The summed E-state index contributed by atoms with van der Waals surface area (Å²) in [5.74, 6) is 0.741. The standard InChI is InChI=1S/C19H23Cl2N7O/c20-13-4-5-16(15(21)10-13)26-19(29)27-18-14(11-22)17(24-12-25-18)23-6-9-28-7-2-1-3-8-28/h4-5,10-12,22H,1-3,6-9H2,(H3,23,24,25,26,27,29). The van der Waals surface area contributed by atoms with E-state index in [1.807, 2.05) is 0 Å². The number of urea groups is 1. The number of likely N-dealkylation sites (tertiary alicyclic amines) is 1. The molecule has 1 fully saturated rings. The van der Waals surface area contributed by atoms with Crippen molar-refractivity contribution in [2.75, 3.05) is 42.1 Å². The van der Waals surface area contributed by atoms with Crippen molar-refractivity contribution in [2.45, 2.75) is 19.3 Å². The van der Waals surface area contributed by atoms with E-state index < -0.39 is 6.03 Å². The highest BCUT2D eigenvalue weighted by atomic mass is 35.5. The predicted molar refractivity (Wildman–Crippen MR) is 118 cm³/mol. The molecular weight excluding hydrogens is 413 g/mol. The first-order chi connectivity index (χ1) is 14.1. The number of nitrogens with zero attached hydrogens (tertiary/aromatic N) is 3. The van der Waals surface area contributed by atoms with Gasteiger partial charge in [-0.25, -0.2) is 14.8 Å². The summed E-state index contributed by atoms with van der Waals surface area (Å²) in [5, 5.41) is 17.0. The smallest absolute Gasteiger partial charge is 0.324 e. The molecule has 0 radical (unpaired) electrons. The third kappa shape index (κ3) is 6.03. The van der Waals surface area contributed by atoms with Gasteiger partial charge in [-0.05, 0) is 44.1 Å². The maximum absolute atomic E-state index is 12.3. The Kier molecular flexibility index (Phi) is 7.62. The van der Waals surface area contributed by atoms with Gasteiger partial charge in [-0.15, -0.1) is 0 Å². The minimum Gasteiger partial charge on any atom is -0.368 e. The predicted octanol–water partition coefficient (Wildman–Crippen LogP) is 4.32. The molecule has 2 aromatic rings. The fraction of sp³-hybridized carbons (Fsp3) is 0.368. The van der Waals surface area contributed by atoms with Crippen molar-refractivity contribution in [3.63, 3.8) is 0 Å². The van der Waals surface area contributed by atoms with E-state index in [-0.39, 0.29) is 5.82 Å². The van der Waals surface area contributed by atoms with Gasteiger partial charge in [-0.1, -0.05) is 29.6 Å². The van der Waals surface area contributed by atoms with Gasteiger partial charge in [0.15, 0.2) is 0 Å². The Balaban J connectivity index is 1.62. The van der Waals surface area contributed by atoms with E-state index in [1.54, 1.807) is 12.1 Å². The largest absolute Gasteiger partial charge is 0.368 e. The van der Waals surface area contributed by atoms with Crippen LogP contribution in [0.4, 0.5) is 22.1 Å². The van der Waals surface area contributed by atoms with Crippen LogP contribution >= 0.6 is 23.2 Å². The van der Waals surface area contributed by atoms with Gasteiger partial charge < -0.3 is 20.9 Å². The van der Waals surface area contributed by atoms with Crippen LogP contribution in [0.25, 0.3) is 0 Å². The first-order valence-corrected chi connectivity index (χ1v) is 10.2. The Morgan fingerprint density at radius 2 is 1.90 bits per heavy atom. The number of halogens is 2. The molecule has 1 aromatic carbocycles. The minimum absolute atomic E-state index is 0.234. The topological polar surface area (TPSA) is 106 Å². The van der Waals surface area contributed by atoms with Gasteiger partial charge in [-0.2, -0.15) is 0 Å². The van der Waals surface area contributed by atoms with Crippen LogP contribution in [0.15, 0.2) is 24.5 Å². The van der Waals surface area contributed by atoms with Crippen LogP contribution in [-0.2, 0) is 0 Å². The molecular formula is C19H23Cl2N7O. The second kappa shape index (κ2) is 10.4. The maximum Gasteiger partial charge on any atom is 0.324 e. The summed E-state index contributed by atoms with van der Waals surface area (Å²) in [6.07, 6.45) is 6.24. The van der Waals surface area contributed by atoms with Crippen molar-refractivity contribution in [1.82, 2.24) is 14.9 Å². The number of nitrogens with one attached hydrogen (secondary N) is 4. The van der Waals surface area contributed by atoms with E-state index in [0.29, 0.717) is 33.7 Å². The number of hydrogen-bond acceptors (Lipinski definition) is 6. The van der Waals surface area contributed by atoms with Crippen molar-refractivity contribution in [1.29, 1.82) is 5.41 Å². The second-order valence-corrected chi connectivity index (χ2v) is 7.50. The molecule has 2 heterocycles. The van der Waals surface area contributed by atoms with Crippen LogP contribution in [0.5, 0.6) is 0 Å². The van der Waals surface area contributed by atoms with E-state index >= 15 is 0 Å². The summed E-state index contributed by atoms with van der Waals surface area (Å²) >= 11 is 11.9. The molecule has 10 heteroatoms. The number of hydrogen-bond donors (Lipinski definition) is 4. The summed E-state index contributed by atoms with van der Waals surface area (Å²) in [6.45, 7) is 3.83. The summed E-state index contributed by atoms with van der Waals surface area (Å²) in [5.41, 5.74) is 0.822. The van der Waals surface area contributed by atoms with E-state index in [9.17, 15) is 4.79 Å². The molecule has 154 valence electrons. The Hall–Kier alpha value is -2.42. The Morgan fingerprint density at radius 3 is 2.62 bits per heavy atom. The minimum atomic E-state index is -0.532. The number of anilines is 3. The molecule has 2 amide bonds. The van der Waals surface area contributed by atoms with Crippen LogP contribution in [0.3, 0.4) is 0 Å². The van der Waals surface area contributed by atoms with Crippen molar-refractivity contribution in [3.8, 4) is 0 Å². The van der Waals surface area contributed by atoms with Gasteiger partial charge in [0, 0.05) is 24.3 Å². The molecule has 1 aromatic heterocycles. The molecule has 3 rings (SSSR count). The molecule has 29 heavy (non-hydrogen) atoms. The molecule has 8 nitrogen and oxygen atoms in total. The van der Waals surface area contributed by atoms with E-state index in [0.717, 1.165) is 25.8 Å². The van der Waals surface area contributed by atoms with Gasteiger partial charge >= 0.3 is 6.03 Å². The maximum atomic E-state index is 12.3. The summed E-state index contributed by atoms with van der Waals surface area (Å²) < 4.78 is 0. The number of benzene rings is 1. The number of carbonyl (C=O) groups excluding carboxylic acids is 1. The quantitative estimate of drug-likeness (QED) is 0.484. The fourth-order valence-electron chi connectivity index (χ4n) is 3.14. The zero-order chi connectivity index (χ0) is 20.6. The molecule has 0 spiro atoms. The lowest BCUT2D eigenvalue weighted by Crippen LogP contribution is -2.34. The first kappa shape index (κ1) is 21.3. The van der Waals surface area contributed by atoms with Gasteiger partial charge in [0.25, 0.3) is 0 Å². The number of amides is 2. The Labute approximate surface area is 179 Å². The van der Waals surface area contributed by atoms with E-state index in [1.165, 1.54) is 31.7 Å². The Morgan fingerprint density at radius 1 is 1.14 bits per heavy atom. The van der Waals surface area contributed by atoms with Crippen molar-refractivity contribution in [3.05, 3.63) is 40.1 Å². The van der Waals surface area contributed by atoms with Crippen LogP contribution in [0.1, 0.15) is 24.8 Å². The number of piperidine rings is 1. The summed E-state index contributed by atoms with van der Waals surface area (Å²) in [7, 11) is 0. The second-order valence-electron chi connectivity index (χ2n) is 6.66. The zero-order valence-corrected chi connectivity index (χ0v) is 17.4. The zero-order valence-electron chi connectivity index (χ0n) is 15.8. The molecule has 1 saturated heterocycles. The number of rotatable bonds is 7. The van der Waals surface area contributed by atoms with Crippen molar-refractivity contribution in [2.24, 2.45) is 0 Å². The molecule has 0 atom stereocenters. The first-order valence-electron chi connectivity index (χ1n) is 9.41. The summed E-state index contributed by atoms with van der Waals surface area (Å²) in [4.78, 5) is 23.0. The molecule has 4 N–H and O–H groups in total. The van der Waals surface area contributed by atoms with Gasteiger partial charge in [0.05, 0.1) is 16.3 Å². The monoisotopic (exact) mass is 435 g/mol. The van der Waals surface area contributed by atoms with Gasteiger partial charge in [0.2, 0.25) is 0 Å². The lowest BCUT2D eigenvalue weighted by atomic mass is 10.1. The SMILES string of the molecule is N=Cc1c(NCCN2CCCCC2)ncnc1NC(=O)Nc1ccc(Cl)cc1Cl. The lowest BCUT2D eigenvalue weighted by Gasteiger charge is -2.26. The normalized spacial score (nSPS) is 14.3. The highest BCUT2D eigenvalue weighted by molar-refractivity contribution is 6.36. The number of aromatic nitrogens is 2. The molecule has 0 saturated carbocycles. The van der Waals surface area contributed by atoms with Crippen molar-refractivity contribution >= 4 is 52.8 Å². The van der Waals surface area contributed by atoms with E-state index in [4.69, 9.17) is 28.6 Å². The average Bonchev–Trinajstić information content (AvgIpc) is 2.71. The number of carbonyl (C=O) groups is 1. The lowest BCUT2D eigenvalue weighted by molar-refractivity contribution is 0.237. The molecule has 0 aliphatic carbocycles. The van der Waals surface area contributed by atoms with Gasteiger partial charge in [0.1, 0.15) is 18.0 Å². The molecule has 0 unspecified atom stereocenters. The van der Waals surface area contributed by atoms with E-state index in [2.05, 4.69) is 30.8 Å². The van der Waals surface area contributed by atoms with Crippen LogP contribution in [0.2, 0.25) is 10.0 Å². The van der Waals surface area contributed by atoms with Crippen LogP contribution < -0.4 is 16.0 Å². The third-order valence-electron chi connectivity index (χ3n) is 4.61. The third-order valence-corrected chi connectivity index (χ3v) is 5.16. The van der Waals surface area contributed by atoms with Gasteiger partial charge in [-0.3, -0.25) is 5.32 Å². The van der Waals surface area contributed by atoms with Crippen LogP contribution in [0, 0.1) is 5.41 Å². The van der Waals surface area contributed by atoms with Crippen LogP contribution in [-0.4, -0.2) is 53.3 Å². The highest BCUT2D eigenvalue weighted by Crippen LogP contribution is 2.25. The Bertz CT molecular complexity index is 872. The highest BCUT2D eigenvalue weighted by Gasteiger charge is 2.14. The summed E-state index contributed by atoms with van der Waals surface area (Å²) in [6, 6.07) is 4.24.